The first-order valence-electron chi connectivity index (χ1n) is 5.14. The van der Waals surface area contributed by atoms with Crippen molar-refractivity contribution in [1.82, 2.24) is 0 Å². The number of para-hydroxylation sites is 1. The summed E-state index contributed by atoms with van der Waals surface area (Å²) in [7, 11) is -3.26. The third kappa shape index (κ3) is 3.13. The van der Waals surface area contributed by atoms with Crippen molar-refractivity contribution in [2.45, 2.75) is 18.7 Å². The van der Waals surface area contributed by atoms with Crippen LogP contribution >= 0.6 is 0 Å². The smallest absolute Gasteiger partial charge is 0.177 e. The highest BCUT2D eigenvalue weighted by Crippen LogP contribution is 2.26. The van der Waals surface area contributed by atoms with E-state index >= 15 is 0 Å². The minimum atomic E-state index is -3.26. The highest BCUT2D eigenvalue weighted by Gasteiger charge is 2.13. The maximum absolute atomic E-state index is 11.4. The number of hydrogen-bond donors (Lipinski definition) is 2. The van der Waals surface area contributed by atoms with E-state index in [2.05, 4.69) is 19.2 Å². The molecule has 1 aromatic carbocycles. The average molecular weight is 242 g/mol. The molecule has 0 atom stereocenters. The van der Waals surface area contributed by atoms with Gasteiger partial charge in [-0.25, -0.2) is 8.42 Å². The normalized spacial score (nSPS) is 11.8. The average Bonchev–Trinajstić information content (AvgIpc) is 2.14. The lowest BCUT2D eigenvalue weighted by atomic mass is 10.2. The zero-order chi connectivity index (χ0) is 12.3. The second-order valence-corrected chi connectivity index (χ2v) is 6.25. The molecule has 90 valence electrons. The fourth-order valence-electron chi connectivity index (χ4n) is 1.34. The van der Waals surface area contributed by atoms with E-state index < -0.39 is 9.84 Å². The lowest BCUT2D eigenvalue weighted by Crippen LogP contribution is -2.11. The van der Waals surface area contributed by atoms with Gasteiger partial charge in [-0.2, -0.15) is 0 Å². The zero-order valence-electron chi connectivity index (χ0n) is 9.82. The Morgan fingerprint density at radius 1 is 1.38 bits per heavy atom. The summed E-state index contributed by atoms with van der Waals surface area (Å²) in [4.78, 5) is 0.182. The van der Waals surface area contributed by atoms with Crippen molar-refractivity contribution in [3.63, 3.8) is 0 Å². The van der Waals surface area contributed by atoms with Crippen LogP contribution in [0.15, 0.2) is 23.1 Å². The fraction of sp³-hybridized carbons (Fsp3) is 0.455. The first-order chi connectivity index (χ1) is 7.32. The van der Waals surface area contributed by atoms with Gasteiger partial charge in [-0.15, -0.1) is 0 Å². The Morgan fingerprint density at radius 3 is 2.50 bits per heavy atom. The number of anilines is 2. The first kappa shape index (κ1) is 12.8. The Kier molecular flexibility index (Phi) is 3.80. The molecule has 0 aliphatic rings. The molecule has 0 fully saturated rings. The number of rotatable bonds is 4. The first-order valence-corrected chi connectivity index (χ1v) is 7.04. The SMILES string of the molecule is CC(C)CNc1cccc(S(C)(=O)=O)c1N. The van der Waals surface area contributed by atoms with Crippen molar-refractivity contribution in [2.75, 3.05) is 23.9 Å². The van der Waals surface area contributed by atoms with E-state index in [9.17, 15) is 8.42 Å². The Balaban J connectivity index is 3.05. The van der Waals surface area contributed by atoms with Crippen LogP contribution in [-0.4, -0.2) is 21.2 Å². The third-order valence-electron chi connectivity index (χ3n) is 2.17. The summed E-state index contributed by atoms with van der Waals surface area (Å²) in [5, 5.41) is 3.14. The van der Waals surface area contributed by atoms with E-state index in [4.69, 9.17) is 5.73 Å². The molecule has 3 N–H and O–H groups in total. The monoisotopic (exact) mass is 242 g/mol. The summed E-state index contributed by atoms with van der Waals surface area (Å²) in [6.07, 6.45) is 1.16. The van der Waals surface area contributed by atoms with Gasteiger partial charge in [0.25, 0.3) is 0 Å². The van der Waals surface area contributed by atoms with Crippen molar-refractivity contribution >= 4 is 21.2 Å². The Hall–Kier alpha value is -1.23. The van der Waals surface area contributed by atoms with Gasteiger partial charge in [-0.3, -0.25) is 0 Å². The molecule has 1 aromatic rings. The van der Waals surface area contributed by atoms with Crippen LogP contribution in [0.3, 0.4) is 0 Å². The van der Waals surface area contributed by atoms with Crippen molar-refractivity contribution in [1.29, 1.82) is 0 Å². The molecule has 0 unspecified atom stereocenters. The molecule has 0 spiro atoms. The van der Waals surface area contributed by atoms with E-state index in [0.717, 1.165) is 12.8 Å². The molecule has 0 bridgehead atoms. The summed E-state index contributed by atoms with van der Waals surface area (Å²) < 4.78 is 22.9. The molecule has 0 aliphatic heterocycles. The van der Waals surface area contributed by atoms with Crippen LogP contribution in [0.5, 0.6) is 0 Å². The molecule has 0 heterocycles. The molecule has 16 heavy (non-hydrogen) atoms. The molecule has 0 aromatic heterocycles. The van der Waals surface area contributed by atoms with Crippen molar-refractivity contribution < 1.29 is 8.42 Å². The maximum atomic E-state index is 11.4. The molecule has 4 nitrogen and oxygen atoms in total. The Bertz CT molecular complexity index is 467. The van der Waals surface area contributed by atoms with Gasteiger partial charge in [0, 0.05) is 12.8 Å². The van der Waals surface area contributed by atoms with Gasteiger partial charge in [-0.1, -0.05) is 19.9 Å². The second-order valence-electron chi connectivity index (χ2n) is 4.26. The van der Waals surface area contributed by atoms with E-state index in [0.29, 0.717) is 17.3 Å². The minimum Gasteiger partial charge on any atom is -0.396 e. The molecule has 0 saturated carbocycles. The van der Waals surface area contributed by atoms with Gasteiger partial charge < -0.3 is 11.1 Å². The van der Waals surface area contributed by atoms with Gasteiger partial charge in [0.15, 0.2) is 9.84 Å². The number of benzene rings is 1. The van der Waals surface area contributed by atoms with Crippen LogP contribution in [0.2, 0.25) is 0 Å². The molecule has 1 rings (SSSR count). The number of hydrogen-bond acceptors (Lipinski definition) is 4. The van der Waals surface area contributed by atoms with E-state index in [1.165, 1.54) is 6.07 Å². The number of nitrogen functional groups attached to an aromatic ring is 1. The lowest BCUT2D eigenvalue weighted by Gasteiger charge is -2.13. The molecule has 0 amide bonds. The second kappa shape index (κ2) is 4.74. The molecule has 0 aliphatic carbocycles. The summed E-state index contributed by atoms with van der Waals surface area (Å²) >= 11 is 0. The van der Waals surface area contributed by atoms with Gasteiger partial charge in [-0.05, 0) is 18.1 Å². The highest BCUT2D eigenvalue weighted by atomic mass is 32.2. The summed E-state index contributed by atoms with van der Waals surface area (Å²) in [6, 6.07) is 4.99. The number of sulfone groups is 1. The fourth-order valence-corrected chi connectivity index (χ4v) is 2.17. The highest BCUT2D eigenvalue weighted by molar-refractivity contribution is 7.90. The van der Waals surface area contributed by atoms with Gasteiger partial charge in [0.05, 0.1) is 16.3 Å². The number of nitrogens with one attached hydrogen (secondary N) is 1. The third-order valence-corrected chi connectivity index (χ3v) is 3.32. The van der Waals surface area contributed by atoms with Crippen LogP contribution in [0.1, 0.15) is 13.8 Å². The molecule has 0 radical (unpaired) electrons. The van der Waals surface area contributed by atoms with Crippen molar-refractivity contribution in [3.05, 3.63) is 18.2 Å². The topological polar surface area (TPSA) is 72.2 Å². The maximum Gasteiger partial charge on any atom is 0.177 e. The predicted octanol–water partition coefficient (Wildman–Crippen LogP) is 1.74. The van der Waals surface area contributed by atoms with Crippen molar-refractivity contribution in [2.24, 2.45) is 5.92 Å². The minimum absolute atomic E-state index is 0.182. The standard InChI is InChI=1S/C11H18N2O2S/c1-8(2)7-13-9-5-4-6-10(11(9)12)16(3,14)15/h4-6,8,13H,7,12H2,1-3H3. The van der Waals surface area contributed by atoms with Crippen LogP contribution < -0.4 is 11.1 Å². The largest absolute Gasteiger partial charge is 0.396 e. The van der Waals surface area contributed by atoms with Crippen LogP contribution in [-0.2, 0) is 9.84 Å². The van der Waals surface area contributed by atoms with E-state index in [1.54, 1.807) is 12.1 Å². The van der Waals surface area contributed by atoms with E-state index in [-0.39, 0.29) is 4.90 Å². The van der Waals surface area contributed by atoms with E-state index in [1.807, 2.05) is 0 Å². The lowest BCUT2D eigenvalue weighted by molar-refractivity contribution is 0.602. The predicted molar refractivity (Wildman–Crippen MR) is 67.3 cm³/mol. The zero-order valence-corrected chi connectivity index (χ0v) is 10.6. The molecule has 5 heteroatoms. The summed E-state index contributed by atoms with van der Waals surface area (Å²) in [5.41, 5.74) is 6.79. The van der Waals surface area contributed by atoms with Crippen molar-refractivity contribution in [3.8, 4) is 0 Å². The van der Waals surface area contributed by atoms with Crippen LogP contribution in [0, 0.1) is 5.92 Å². The quantitative estimate of drug-likeness (QED) is 0.789. The Labute approximate surface area is 96.8 Å². The molecular weight excluding hydrogens is 224 g/mol. The van der Waals surface area contributed by atoms with Crippen LogP contribution in [0.25, 0.3) is 0 Å². The van der Waals surface area contributed by atoms with Gasteiger partial charge >= 0.3 is 0 Å². The van der Waals surface area contributed by atoms with Gasteiger partial charge in [0.2, 0.25) is 0 Å². The number of nitrogens with two attached hydrogens (primary N) is 1. The molecule has 0 saturated heterocycles. The van der Waals surface area contributed by atoms with Gasteiger partial charge in [0.1, 0.15) is 0 Å². The van der Waals surface area contributed by atoms with Crippen LogP contribution in [0.4, 0.5) is 11.4 Å². The summed E-state index contributed by atoms with van der Waals surface area (Å²) in [5.74, 6) is 0.473. The summed E-state index contributed by atoms with van der Waals surface area (Å²) in [6.45, 7) is 4.91. The molecular formula is C11H18N2O2S. The Morgan fingerprint density at radius 2 is 2.00 bits per heavy atom.